The normalized spacial score (nSPS) is 15.3. The van der Waals surface area contributed by atoms with E-state index in [4.69, 9.17) is 11.6 Å². The van der Waals surface area contributed by atoms with Crippen LogP contribution in [-0.4, -0.2) is 42.9 Å². The van der Waals surface area contributed by atoms with Crippen molar-refractivity contribution in [2.24, 2.45) is 0 Å². The maximum Gasteiger partial charge on any atom is 0.240 e. The number of pyridine rings is 2. The van der Waals surface area contributed by atoms with Gasteiger partial charge in [-0.2, -0.15) is 0 Å². The second-order valence-corrected chi connectivity index (χ2v) is 10.8. The minimum absolute atomic E-state index is 0.0630. The van der Waals surface area contributed by atoms with Gasteiger partial charge in [-0.1, -0.05) is 29.8 Å². The number of halogens is 1. The highest BCUT2D eigenvalue weighted by Gasteiger charge is 2.26. The van der Waals surface area contributed by atoms with Crippen molar-refractivity contribution in [3.8, 4) is 0 Å². The van der Waals surface area contributed by atoms with E-state index in [-0.39, 0.29) is 17.5 Å². The number of likely N-dealkylation sites (tertiary alicyclic amines) is 1. The van der Waals surface area contributed by atoms with Crippen molar-refractivity contribution in [1.29, 1.82) is 0 Å². The number of anilines is 2. The van der Waals surface area contributed by atoms with Crippen molar-refractivity contribution < 1.29 is 8.42 Å². The fourth-order valence-corrected chi connectivity index (χ4v) is 5.73. The SMILES string of the molecule is O=S(=O)(NCC(c1cccnc1)N1CCCC1)c1cccc(Nc2nccc3ccc(Cl)cc23)c1. The number of nitrogens with one attached hydrogen (secondary N) is 2. The summed E-state index contributed by atoms with van der Waals surface area (Å²) in [5.74, 6) is 0.609. The van der Waals surface area contributed by atoms with Gasteiger partial charge in [0.15, 0.2) is 0 Å². The molecule has 1 saturated heterocycles. The first kappa shape index (κ1) is 23.7. The first-order valence-electron chi connectivity index (χ1n) is 11.5. The fraction of sp³-hybridized carbons (Fsp3) is 0.231. The van der Waals surface area contributed by atoms with Gasteiger partial charge < -0.3 is 5.32 Å². The molecule has 180 valence electrons. The average molecular weight is 508 g/mol. The zero-order valence-corrected chi connectivity index (χ0v) is 20.6. The monoisotopic (exact) mass is 507 g/mol. The van der Waals surface area contributed by atoms with Crippen LogP contribution in [-0.2, 0) is 10.0 Å². The van der Waals surface area contributed by atoms with E-state index in [1.54, 1.807) is 30.6 Å². The molecule has 1 aliphatic rings. The van der Waals surface area contributed by atoms with Crippen LogP contribution in [0.2, 0.25) is 5.02 Å². The van der Waals surface area contributed by atoms with E-state index in [1.807, 2.05) is 48.7 Å². The van der Waals surface area contributed by atoms with Gasteiger partial charge in [0.2, 0.25) is 10.0 Å². The van der Waals surface area contributed by atoms with Crippen LogP contribution in [0.3, 0.4) is 0 Å². The topological polar surface area (TPSA) is 87.2 Å². The Morgan fingerprint density at radius 3 is 2.66 bits per heavy atom. The Hall–Kier alpha value is -3.04. The minimum atomic E-state index is -3.74. The molecule has 0 amide bonds. The lowest BCUT2D eigenvalue weighted by atomic mass is 10.1. The molecule has 0 aliphatic carbocycles. The van der Waals surface area contributed by atoms with Crippen LogP contribution in [0.15, 0.2) is 84.1 Å². The molecule has 0 spiro atoms. The van der Waals surface area contributed by atoms with Gasteiger partial charge >= 0.3 is 0 Å². The van der Waals surface area contributed by atoms with E-state index >= 15 is 0 Å². The Balaban J connectivity index is 1.36. The Bertz CT molecular complexity index is 1430. The molecule has 2 aromatic carbocycles. The van der Waals surface area contributed by atoms with Gasteiger partial charge in [-0.15, -0.1) is 0 Å². The molecule has 0 bridgehead atoms. The lowest BCUT2D eigenvalue weighted by molar-refractivity contribution is 0.246. The Morgan fingerprint density at radius 1 is 1.00 bits per heavy atom. The van der Waals surface area contributed by atoms with Crippen molar-refractivity contribution in [3.05, 3.63) is 89.8 Å². The van der Waals surface area contributed by atoms with Crippen molar-refractivity contribution in [2.75, 3.05) is 25.0 Å². The molecule has 3 heterocycles. The van der Waals surface area contributed by atoms with Crippen LogP contribution in [0.25, 0.3) is 10.8 Å². The van der Waals surface area contributed by atoms with Crippen LogP contribution in [0.1, 0.15) is 24.4 Å². The number of aromatic nitrogens is 2. The molecular weight excluding hydrogens is 482 g/mol. The molecule has 4 aromatic rings. The van der Waals surface area contributed by atoms with Crippen LogP contribution in [0.4, 0.5) is 11.5 Å². The van der Waals surface area contributed by atoms with E-state index in [1.165, 1.54) is 0 Å². The number of rotatable bonds is 8. The zero-order chi connectivity index (χ0) is 24.3. The summed E-state index contributed by atoms with van der Waals surface area (Å²) < 4.78 is 29.3. The van der Waals surface area contributed by atoms with Crippen molar-refractivity contribution >= 4 is 43.9 Å². The third kappa shape index (κ3) is 5.46. The van der Waals surface area contributed by atoms with E-state index in [2.05, 4.69) is 24.9 Å². The molecule has 1 fully saturated rings. The quantitative estimate of drug-likeness (QED) is 0.343. The molecule has 1 unspecified atom stereocenters. The summed E-state index contributed by atoms with van der Waals surface area (Å²) in [6.45, 7) is 2.17. The van der Waals surface area contributed by atoms with Gasteiger partial charge in [0.25, 0.3) is 0 Å². The zero-order valence-electron chi connectivity index (χ0n) is 19.1. The molecule has 35 heavy (non-hydrogen) atoms. The van der Waals surface area contributed by atoms with Crippen LogP contribution in [0.5, 0.6) is 0 Å². The van der Waals surface area contributed by atoms with Gasteiger partial charge in [0.1, 0.15) is 5.82 Å². The number of benzene rings is 2. The van der Waals surface area contributed by atoms with Crippen molar-refractivity contribution in [3.63, 3.8) is 0 Å². The molecule has 9 heteroatoms. The third-order valence-electron chi connectivity index (χ3n) is 6.25. The summed E-state index contributed by atoms with van der Waals surface area (Å²) in [4.78, 5) is 11.2. The van der Waals surface area contributed by atoms with Gasteiger partial charge in [-0.05, 0) is 79.3 Å². The highest BCUT2D eigenvalue weighted by molar-refractivity contribution is 7.89. The molecule has 0 radical (unpaired) electrons. The minimum Gasteiger partial charge on any atom is -0.340 e. The largest absolute Gasteiger partial charge is 0.340 e. The standard InChI is InChI=1S/C26H26ClN5O2S/c27-21-9-8-19-10-12-29-26(24(19)15-21)31-22-6-3-7-23(16-22)35(33,34)30-18-25(32-13-1-2-14-32)20-5-4-11-28-17-20/h3-12,15-17,25,30H,1-2,13-14,18H2,(H,29,31). The predicted molar refractivity (Wildman–Crippen MR) is 139 cm³/mol. The molecule has 7 nitrogen and oxygen atoms in total. The highest BCUT2D eigenvalue weighted by atomic mass is 35.5. The molecular formula is C26H26ClN5O2S. The maximum absolute atomic E-state index is 13.2. The van der Waals surface area contributed by atoms with Gasteiger partial charge in [0.05, 0.1) is 4.90 Å². The molecule has 2 aromatic heterocycles. The summed E-state index contributed by atoms with van der Waals surface area (Å²) >= 11 is 6.18. The lowest BCUT2D eigenvalue weighted by Gasteiger charge is -2.27. The number of hydrogen-bond acceptors (Lipinski definition) is 6. The van der Waals surface area contributed by atoms with Crippen LogP contribution >= 0.6 is 11.6 Å². The summed E-state index contributed by atoms with van der Waals surface area (Å²) in [6, 6.07) is 18.0. The predicted octanol–water partition coefficient (Wildman–Crippen LogP) is 5.14. The van der Waals surface area contributed by atoms with Crippen LogP contribution in [0, 0.1) is 0 Å². The Labute approximate surface area is 210 Å². The summed E-state index contributed by atoms with van der Waals surface area (Å²) in [5, 5.41) is 5.69. The van der Waals surface area contributed by atoms with Crippen molar-refractivity contribution in [1.82, 2.24) is 19.6 Å². The second-order valence-electron chi connectivity index (χ2n) is 8.57. The van der Waals surface area contributed by atoms with Gasteiger partial charge in [0, 0.05) is 47.3 Å². The third-order valence-corrected chi connectivity index (χ3v) is 7.91. The molecule has 2 N–H and O–H groups in total. The maximum atomic E-state index is 13.2. The summed E-state index contributed by atoms with van der Waals surface area (Å²) in [5.41, 5.74) is 1.63. The first-order valence-corrected chi connectivity index (χ1v) is 13.4. The van der Waals surface area contributed by atoms with E-state index in [0.29, 0.717) is 16.5 Å². The number of hydrogen-bond donors (Lipinski definition) is 2. The van der Waals surface area contributed by atoms with E-state index in [9.17, 15) is 8.42 Å². The average Bonchev–Trinajstić information content (AvgIpc) is 3.40. The van der Waals surface area contributed by atoms with E-state index < -0.39 is 10.0 Å². The van der Waals surface area contributed by atoms with Gasteiger partial charge in [-0.25, -0.2) is 18.1 Å². The molecule has 5 rings (SSSR count). The first-order chi connectivity index (χ1) is 17.0. The highest BCUT2D eigenvalue weighted by Crippen LogP contribution is 2.28. The molecule has 1 atom stereocenters. The fourth-order valence-electron chi connectivity index (χ4n) is 4.47. The number of nitrogens with zero attached hydrogens (tertiary/aromatic N) is 3. The Kier molecular flexibility index (Phi) is 6.97. The van der Waals surface area contributed by atoms with Crippen LogP contribution < -0.4 is 10.0 Å². The second kappa shape index (κ2) is 10.3. The molecule has 0 saturated carbocycles. The summed E-state index contributed by atoms with van der Waals surface area (Å²) in [6.07, 6.45) is 7.48. The Morgan fingerprint density at radius 2 is 1.86 bits per heavy atom. The smallest absolute Gasteiger partial charge is 0.240 e. The van der Waals surface area contributed by atoms with Crippen molar-refractivity contribution in [2.45, 2.75) is 23.8 Å². The van der Waals surface area contributed by atoms with Gasteiger partial charge in [-0.3, -0.25) is 9.88 Å². The van der Waals surface area contributed by atoms with E-state index in [0.717, 1.165) is 42.3 Å². The molecule has 1 aliphatic heterocycles. The summed E-state index contributed by atoms with van der Waals surface area (Å²) in [7, 11) is -3.74. The lowest BCUT2D eigenvalue weighted by Crippen LogP contribution is -2.36. The number of fused-ring (bicyclic) bond motifs is 1. The number of sulfonamides is 1.